The molecular formula is C7H7ClN4O. The molecule has 13 heavy (non-hydrogen) atoms. The molecule has 6 heteroatoms. The highest BCUT2D eigenvalue weighted by atomic mass is 35.5. The summed E-state index contributed by atoms with van der Waals surface area (Å²) in [5.74, 6) is -0.480. The normalized spacial score (nSPS) is 9.54. The molecule has 0 spiro atoms. The second-order valence-electron chi connectivity index (χ2n) is 2.32. The summed E-state index contributed by atoms with van der Waals surface area (Å²) in [5.41, 5.74) is 6.63. The van der Waals surface area contributed by atoms with Gasteiger partial charge in [0.25, 0.3) is 5.91 Å². The molecule has 0 aliphatic carbocycles. The summed E-state index contributed by atoms with van der Waals surface area (Å²) in [6.45, 7) is 0. The summed E-state index contributed by atoms with van der Waals surface area (Å²) in [5, 5.41) is 0. The van der Waals surface area contributed by atoms with Crippen molar-refractivity contribution in [1.29, 1.82) is 0 Å². The molecule has 0 saturated carbocycles. The number of pyridine rings is 1. The molecule has 2 aromatic heterocycles. The van der Waals surface area contributed by atoms with Crippen LogP contribution in [-0.2, 0) is 0 Å². The van der Waals surface area contributed by atoms with Crippen LogP contribution < -0.4 is 5.73 Å². The molecular weight excluding hydrogens is 192 g/mol. The number of rotatable bonds is 1. The number of nitrogens with two attached hydrogens (primary N) is 1. The van der Waals surface area contributed by atoms with Crippen molar-refractivity contribution >= 4 is 29.5 Å². The lowest BCUT2D eigenvalue weighted by molar-refractivity contribution is 0.100. The van der Waals surface area contributed by atoms with E-state index in [1.807, 2.05) is 0 Å². The average molecular weight is 199 g/mol. The zero-order valence-corrected chi connectivity index (χ0v) is 7.34. The van der Waals surface area contributed by atoms with E-state index in [1.165, 1.54) is 12.5 Å². The van der Waals surface area contributed by atoms with Crippen LogP contribution in [0.5, 0.6) is 0 Å². The third kappa shape index (κ3) is 1.46. The molecule has 0 radical (unpaired) electrons. The van der Waals surface area contributed by atoms with Crippen LogP contribution in [0.1, 0.15) is 10.4 Å². The second-order valence-corrected chi connectivity index (χ2v) is 2.32. The first-order valence-corrected chi connectivity index (χ1v) is 3.37. The van der Waals surface area contributed by atoms with E-state index in [1.54, 1.807) is 6.07 Å². The van der Waals surface area contributed by atoms with Gasteiger partial charge in [0.2, 0.25) is 0 Å². The number of hydrogen-bond acceptors (Lipinski definition) is 3. The summed E-state index contributed by atoms with van der Waals surface area (Å²) < 4.78 is 0. The second kappa shape index (κ2) is 3.40. The van der Waals surface area contributed by atoms with Crippen molar-refractivity contribution in [3.05, 3.63) is 24.2 Å². The first-order valence-electron chi connectivity index (χ1n) is 3.37. The maximum atomic E-state index is 10.9. The van der Waals surface area contributed by atoms with Crippen molar-refractivity contribution in [2.75, 3.05) is 0 Å². The van der Waals surface area contributed by atoms with Crippen LogP contribution in [0.25, 0.3) is 11.2 Å². The van der Waals surface area contributed by atoms with Crippen LogP contribution in [0.4, 0.5) is 0 Å². The summed E-state index contributed by atoms with van der Waals surface area (Å²) in [6, 6.07) is 1.56. The van der Waals surface area contributed by atoms with Crippen molar-refractivity contribution < 1.29 is 4.79 Å². The number of aromatic nitrogens is 3. The van der Waals surface area contributed by atoms with Crippen LogP contribution >= 0.6 is 12.4 Å². The van der Waals surface area contributed by atoms with Gasteiger partial charge in [-0.15, -0.1) is 12.4 Å². The molecule has 5 nitrogen and oxygen atoms in total. The molecule has 2 aromatic rings. The van der Waals surface area contributed by atoms with Gasteiger partial charge in [-0.1, -0.05) is 0 Å². The fourth-order valence-electron chi connectivity index (χ4n) is 1.05. The van der Waals surface area contributed by atoms with Crippen molar-refractivity contribution in [1.82, 2.24) is 15.0 Å². The van der Waals surface area contributed by atoms with Gasteiger partial charge in [-0.2, -0.15) is 0 Å². The molecule has 2 heterocycles. The predicted octanol–water partition coefficient (Wildman–Crippen LogP) is 0.479. The van der Waals surface area contributed by atoms with Crippen LogP contribution in [0.3, 0.4) is 0 Å². The Kier molecular flexibility index (Phi) is 2.48. The Balaban J connectivity index is 0.000000845. The van der Waals surface area contributed by atoms with Crippen molar-refractivity contribution in [3.63, 3.8) is 0 Å². The third-order valence-electron chi connectivity index (χ3n) is 1.59. The van der Waals surface area contributed by atoms with Gasteiger partial charge in [-0.3, -0.25) is 4.79 Å². The van der Waals surface area contributed by atoms with E-state index in [4.69, 9.17) is 5.73 Å². The Morgan fingerprint density at radius 2 is 2.23 bits per heavy atom. The van der Waals surface area contributed by atoms with Crippen LogP contribution in [-0.4, -0.2) is 20.9 Å². The van der Waals surface area contributed by atoms with Gasteiger partial charge in [0.05, 0.1) is 17.4 Å². The third-order valence-corrected chi connectivity index (χ3v) is 1.59. The maximum Gasteiger partial charge on any atom is 0.251 e. The Labute approximate surface area is 79.8 Å². The predicted molar refractivity (Wildman–Crippen MR) is 49.7 cm³/mol. The molecule has 0 bridgehead atoms. The van der Waals surface area contributed by atoms with Crippen molar-refractivity contribution in [2.45, 2.75) is 0 Å². The molecule has 68 valence electrons. The van der Waals surface area contributed by atoms with E-state index < -0.39 is 5.91 Å². The summed E-state index contributed by atoms with van der Waals surface area (Å²) in [7, 11) is 0. The van der Waals surface area contributed by atoms with E-state index in [0.717, 1.165) is 0 Å². The summed E-state index contributed by atoms with van der Waals surface area (Å²) >= 11 is 0. The number of primary amides is 1. The quantitative estimate of drug-likeness (QED) is 0.699. The van der Waals surface area contributed by atoms with E-state index in [0.29, 0.717) is 16.7 Å². The fourth-order valence-corrected chi connectivity index (χ4v) is 1.05. The number of nitrogens with one attached hydrogen (secondary N) is 1. The largest absolute Gasteiger partial charge is 0.366 e. The number of nitrogens with zero attached hydrogens (tertiary/aromatic N) is 2. The lowest BCUT2D eigenvalue weighted by atomic mass is 10.2. The van der Waals surface area contributed by atoms with Gasteiger partial charge < -0.3 is 10.7 Å². The highest BCUT2D eigenvalue weighted by Gasteiger charge is 2.07. The minimum atomic E-state index is -0.480. The molecule has 0 aliphatic rings. The van der Waals surface area contributed by atoms with Gasteiger partial charge in [0, 0.05) is 6.20 Å². The van der Waals surface area contributed by atoms with Crippen LogP contribution in [0.15, 0.2) is 18.6 Å². The number of amides is 1. The number of H-pyrrole nitrogens is 1. The van der Waals surface area contributed by atoms with Gasteiger partial charge in [0.15, 0.2) is 5.65 Å². The van der Waals surface area contributed by atoms with E-state index >= 15 is 0 Å². The summed E-state index contributed by atoms with van der Waals surface area (Å²) in [4.78, 5) is 21.5. The van der Waals surface area contributed by atoms with Crippen LogP contribution in [0, 0.1) is 0 Å². The first kappa shape index (κ1) is 9.47. The zero-order valence-electron chi connectivity index (χ0n) is 6.52. The number of imidazole rings is 1. The number of hydrogen-bond donors (Lipinski definition) is 2. The molecule has 0 atom stereocenters. The SMILES string of the molecule is Cl.NC(=O)c1ccnc2nc[nH]c12. The molecule has 0 saturated heterocycles. The summed E-state index contributed by atoms with van der Waals surface area (Å²) in [6.07, 6.45) is 2.98. The highest BCUT2D eigenvalue weighted by Crippen LogP contribution is 2.10. The average Bonchev–Trinajstić information content (AvgIpc) is 2.49. The lowest BCUT2D eigenvalue weighted by Crippen LogP contribution is -2.11. The maximum absolute atomic E-state index is 10.9. The standard InChI is InChI=1S/C7H6N4O.ClH/c8-6(12)4-1-2-9-7-5(4)10-3-11-7;/h1-3H,(H2,8,12)(H,9,10,11);1H. The van der Waals surface area contributed by atoms with Gasteiger partial charge >= 0.3 is 0 Å². The molecule has 0 aliphatic heterocycles. The topological polar surface area (TPSA) is 84.7 Å². The Morgan fingerprint density at radius 1 is 1.46 bits per heavy atom. The molecule has 2 rings (SSSR count). The monoisotopic (exact) mass is 198 g/mol. The lowest BCUT2D eigenvalue weighted by Gasteiger charge is -1.94. The molecule has 0 aromatic carbocycles. The smallest absolute Gasteiger partial charge is 0.251 e. The van der Waals surface area contributed by atoms with Crippen molar-refractivity contribution in [3.8, 4) is 0 Å². The van der Waals surface area contributed by atoms with Gasteiger partial charge in [-0.25, -0.2) is 9.97 Å². The zero-order chi connectivity index (χ0) is 8.55. The number of halogens is 1. The number of carbonyl (C=O) groups is 1. The highest BCUT2D eigenvalue weighted by molar-refractivity contribution is 6.02. The number of carbonyl (C=O) groups excluding carboxylic acids is 1. The minimum absolute atomic E-state index is 0. The molecule has 3 N–H and O–H groups in total. The number of aromatic amines is 1. The molecule has 0 fully saturated rings. The number of fused-ring (bicyclic) bond motifs is 1. The Morgan fingerprint density at radius 3 is 2.92 bits per heavy atom. The molecule has 1 amide bonds. The van der Waals surface area contributed by atoms with Crippen molar-refractivity contribution in [2.24, 2.45) is 5.73 Å². The Bertz CT molecular complexity index is 439. The van der Waals surface area contributed by atoms with E-state index in [9.17, 15) is 4.79 Å². The van der Waals surface area contributed by atoms with E-state index in [-0.39, 0.29) is 12.4 Å². The van der Waals surface area contributed by atoms with Gasteiger partial charge in [-0.05, 0) is 6.07 Å². The fraction of sp³-hybridized carbons (Fsp3) is 0. The van der Waals surface area contributed by atoms with E-state index in [2.05, 4.69) is 15.0 Å². The first-order chi connectivity index (χ1) is 5.79. The molecule has 0 unspecified atom stereocenters. The minimum Gasteiger partial charge on any atom is -0.366 e. The van der Waals surface area contributed by atoms with Crippen LogP contribution in [0.2, 0.25) is 0 Å². The Hall–Kier alpha value is -1.62. The van der Waals surface area contributed by atoms with Gasteiger partial charge in [0.1, 0.15) is 0 Å².